The predicted octanol–water partition coefficient (Wildman–Crippen LogP) is 1.89. The molecule has 0 fully saturated rings. The number of methoxy groups -OCH3 is 1. The number of nitrogens with zero attached hydrogens (tertiary/aromatic N) is 5. The Morgan fingerprint density at radius 2 is 1.97 bits per heavy atom. The maximum Gasteiger partial charge on any atom is 0.295 e. The minimum atomic E-state index is -0.607. The van der Waals surface area contributed by atoms with Crippen molar-refractivity contribution in [1.82, 2.24) is 19.7 Å². The summed E-state index contributed by atoms with van der Waals surface area (Å²) in [5.41, 5.74) is 0.496. The molecule has 0 aliphatic carbocycles. The standard InChI is InChI=1S/C19H18N6O5/c1-23(10-18(26)22-14-4-6-15(30-2)7-5-14)19(27)13-3-8-16(17(9-13)25(28)29)24-12-20-11-21-24/h3-9,11-12H,10H2,1-2H3,(H,22,26). The largest absolute Gasteiger partial charge is 0.497 e. The Balaban J connectivity index is 1.71. The Hall–Kier alpha value is -4.28. The van der Waals surface area contributed by atoms with Gasteiger partial charge in [0.25, 0.3) is 11.6 Å². The fourth-order valence-corrected chi connectivity index (χ4v) is 2.71. The molecule has 11 heteroatoms. The van der Waals surface area contributed by atoms with E-state index in [9.17, 15) is 19.7 Å². The van der Waals surface area contributed by atoms with Crippen LogP contribution < -0.4 is 10.1 Å². The van der Waals surface area contributed by atoms with E-state index in [-0.39, 0.29) is 23.5 Å². The van der Waals surface area contributed by atoms with Crippen molar-refractivity contribution in [3.05, 3.63) is 70.8 Å². The van der Waals surface area contributed by atoms with E-state index in [1.54, 1.807) is 24.3 Å². The summed E-state index contributed by atoms with van der Waals surface area (Å²) in [5, 5.41) is 18.0. The van der Waals surface area contributed by atoms with E-state index in [4.69, 9.17) is 4.74 Å². The number of rotatable bonds is 7. The van der Waals surface area contributed by atoms with Gasteiger partial charge >= 0.3 is 0 Å². The second-order valence-electron chi connectivity index (χ2n) is 6.24. The average molecular weight is 410 g/mol. The lowest BCUT2D eigenvalue weighted by Gasteiger charge is -2.17. The number of likely N-dealkylation sites (N-methyl/N-ethyl adjacent to an activating group) is 1. The molecule has 0 atom stereocenters. The Morgan fingerprint density at radius 1 is 1.23 bits per heavy atom. The van der Waals surface area contributed by atoms with Crippen molar-refractivity contribution in [1.29, 1.82) is 0 Å². The lowest BCUT2D eigenvalue weighted by molar-refractivity contribution is -0.384. The number of benzene rings is 2. The Bertz CT molecular complexity index is 1070. The summed E-state index contributed by atoms with van der Waals surface area (Å²) in [6.07, 6.45) is 2.57. The molecule has 0 aliphatic heterocycles. The second kappa shape index (κ2) is 8.82. The highest BCUT2D eigenvalue weighted by atomic mass is 16.6. The number of nitro benzene ring substituents is 1. The highest BCUT2D eigenvalue weighted by Gasteiger charge is 2.22. The number of nitrogens with one attached hydrogen (secondary N) is 1. The zero-order valence-corrected chi connectivity index (χ0v) is 16.2. The van der Waals surface area contributed by atoms with E-state index in [1.807, 2.05) is 0 Å². The Kier molecular flexibility index (Phi) is 6.01. The molecule has 3 aromatic rings. The molecule has 0 bridgehead atoms. The van der Waals surface area contributed by atoms with Crippen molar-refractivity contribution in [2.75, 3.05) is 26.0 Å². The van der Waals surface area contributed by atoms with Crippen LogP contribution in [0.25, 0.3) is 5.69 Å². The van der Waals surface area contributed by atoms with Crippen LogP contribution in [0.5, 0.6) is 5.75 Å². The topological polar surface area (TPSA) is 132 Å². The van der Waals surface area contributed by atoms with Crippen LogP contribution >= 0.6 is 0 Å². The Labute approximate surface area is 171 Å². The quantitative estimate of drug-likeness (QED) is 0.464. The fraction of sp³-hybridized carbons (Fsp3) is 0.158. The number of nitro groups is 1. The molecule has 11 nitrogen and oxygen atoms in total. The predicted molar refractivity (Wildman–Crippen MR) is 107 cm³/mol. The molecular weight excluding hydrogens is 392 g/mol. The minimum Gasteiger partial charge on any atom is -0.497 e. The van der Waals surface area contributed by atoms with Gasteiger partial charge in [0.1, 0.15) is 24.1 Å². The van der Waals surface area contributed by atoms with Crippen LogP contribution in [0.15, 0.2) is 55.1 Å². The van der Waals surface area contributed by atoms with Gasteiger partial charge in [-0.3, -0.25) is 19.7 Å². The lowest BCUT2D eigenvalue weighted by Crippen LogP contribution is -2.35. The molecule has 0 spiro atoms. The molecule has 0 radical (unpaired) electrons. The number of carbonyl (C=O) groups excluding carboxylic acids is 2. The van der Waals surface area contributed by atoms with Crippen LogP contribution in [0.4, 0.5) is 11.4 Å². The highest BCUT2D eigenvalue weighted by Crippen LogP contribution is 2.24. The zero-order chi connectivity index (χ0) is 21.7. The van der Waals surface area contributed by atoms with Gasteiger partial charge in [-0.1, -0.05) is 0 Å². The van der Waals surface area contributed by atoms with Gasteiger partial charge in [0, 0.05) is 24.4 Å². The number of hydrogen-bond acceptors (Lipinski definition) is 7. The van der Waals surface area contributed by atoms with Gasteiger partial charge in [0.15, 0.2) is 0 Å². The van der Waals surface area contributed by atoms with Gasteiger partial charge in [-0.15, -0.1) is 0 Å². The molecule has 1 N–H and O–H groups in total. The van der Waals surface area contributed by atoms with E-state index in [2.05, 4.69) is 15.4 Å². The first kappa shape index (κ1) is 20.5. The van der Waals surface area contributed by atoms with Crippen LogP contribution in [-0.2, 0) is 4.79 Å². The van der Waals surface area contributed by atoms with Gasteiger partial charge in [-0.05, 0) is 36.4 Å². The van der Waals surface area contributed by atoms with Gasteiger partial charge < -0.3 is 15.0 Å². The third-order valence-electron chi connectivity index (χ3n) is 4.19. The number of ether oxygens (including phenoxy) is 1. The van der Waals surface area contributed by atoms with Crippen LogP contribution in [0.2, 0.25) is 0 Å². The fourth-order valence-electron chi connectivity index (χ4n) is 2.71. The van der Waals surface area contributed by atoms with Gasteiger partial charge in [-0.2, -0.15) is 5.10 Å². The summed E-state index contributed by atoms with van der Waals surface area (Å²) in [7, 11) is 2.98. The van der Waals surface area contributed by atoms with Crippen LogP contribution in [0, 0.1) is 10.1 Å². The zero-order valence-electron chi connectivity index (χ0n) is 16.2. The summed E-state index contributed by atoms with van der Waals surface area (Å²) in [4.78, 5) is 40.7. The van der Waals surface area contributed by atoms with E-state index in [1.165, 1.54) is 48.5 Å². The Morgan fingerprint density at radius 3 is 2.57 bits per heavy atom. The van der Waals surface area contributed by atoms with E-state index in [0.717, 1.165) is 6.07 Å². The summed E-state index contributed by atoms with van der Waals surface area (Å²) in [6.45, 7) is -0.233. The number of anilines is 1. The van der Waals surface area contributed by atoms with Crippen LogP contribution in [0.1, 0.15) is 10.4 Å². The van der Waals surface area contributed by atoms with E-state index >= 15 is 0 Å². The van der Waals surface area contributed by atoms with E-state index < -0.39 is 16.7 Å². The number of carbonyl (C=O) groups is 2. The first-order chi connectivity index (χ1) is 14.4. The lowest BCUT2D eigenvalue weighted by atomic mass is 10.1. The van der Waals surface area contributed by atoms with Crippen LogP contribution in [0.3, 0.4) is 0 Å². The molecule has 0 saturated carbocycles. The molecule has 1 heterocycles. The molecular formula is C19H18N6O5. The number of aromatic nitrogens is 3. The van der Waals surface area contributed by atoms with Gasteiger partial charge in [0.05, 0.1) is 18.6 Å². The molecule has 0 saturated heterocycles. The average Bonchev–Trinajstić information content (AvgIpc) is 3.28. The monoisotopic (exact) mass is 410 g/mol. The second-order valence-corrected chi connectivity index (χ2v) is 6.24. The molecule has 3 rings (SSSR count). The normalized spacial score (nSPS) is 10.3. The molecule has 1 aromatic heterocycles. The summed E-state index contributed by atoms with van der Waals surface area (Å²) >= 11 is 0. The molecule has 2 amide bonds. The first-order valence-electron chi connectivity index (χ1n) is 8.72. The van der Waals surface area contributed by atoms with Crippen molar-refractivity contribution >= 4 is 23.2 Å². The van der Waals surface area contributed by atoms with E-state index in [0.29, 0.717) is 11.4 Å². The molecule has 0 unspecified atom stereocenters. The molecule has 30 heavy (non-hydrogen) atoms. The molecule has 0 aliphatic rings. The van der Waals surface area contributed by atoms with Crippen molar-refractivity contribution in [3.8, 4) is 11.4 Å². The van der Waals surface area contributed by atoms with Crippen molar-refractivity contribution in [2.45, 2.75) is 0 Å². The third-order valence-corrected chi connectivity index (χ3v) is 4.19. The summed E-state index contributed by atoms with van der Waals surface area (Å²) < 4.78 is 6.29. The maximum absolute atomic E-state index is 12.7. The van der Waals surface area contributed by atoms with Crippen LogP contribution in [-0.4, -0.2) is 57.1 Å². The third kappa shape index (κ3) is 4.58. The number of amides is 2. The highest BCUT2D eigenvalue weighted by molar-refractivity contribution is 5.99. The first-order valence-corrected chi connectivity index (χ1v) is 8.72. The minimum absolute atomic E-state index is 0.0744. The summed E-state index contributed by atoms with van der Waals surface area (Å²) in [5.74, 6) is -0.297. The number of hydrogen-bond donors (Lipinski definition) is 1. The summed E-state index contributed by atoms with van der Waals surface area (Å²) in [6, 6.07) is 10.7. The van der Waals surface area contributed by atoms with Crippen molar-refractivity contribution in [2.24, 2.45) is 0 Å². The van der Waals surface area contributed by atoms with Gasteiger partial charge in [-0.25, -0.2) is 9.67 Å². The van der Waals surface area contributed by atoms with Crippen molar-refractivity contribution in [3.63, 3.8) is 0 Å². The van der Waals surface area contributed by atoms with Gasteiger partial charge in [0.2, 0.25) is 5.91 Å². The molecule has 154 valence electrons. The van der Waals surface area contributed by atoms with Crippen molar-refractivity contribution < 1.29 is 19.2 Å². The SMILES string of the molecule is COc1ccc(NC(=O)CN(C)C(=O)c2ccc(-n3cncn3)c([N+](=O)[O-])c2)cc1. The maximum atomic E-state index is 12.7. The molecule has 2 aromatic carbocycles. The smallest absolute Gasteiger partial charge is 0.295 e.